The fourth-order valence-corrected chi connectivity index (χ4v) is 2.33. The molecule has 3 unspecified atom stereocenters. The SMILES string of the molecule is CC1CCCC1C(N)c1nnn(C)n1. The van der Waals surface area contributed by atoms with Crippen LogP contribution in [0.4, 0.5) is 0 Å². The van der Waals surface area contributed by atoms with E-state index in [1.54, 1.807) is 7.05 Å². The summed E-state index contributed by atoms with van der Waals surface area (Å²) in [6.07, 6.45) is 3.75. The Bertz CT molecular complexity index is 308. The summed E-state index contributed by atoms with van der Waals surface area (Å²) in [6.45, 7) is 2.26. The van der Waals surface area contributed by atoms with Crippen molar-refractivity contribution in [2.24, 2.45) is 24.6 Å². The predicted molar refractivity (Wildman–Crippen MR) is 52.2 cm³/mol. The van der Waals surface area contributed by atoms with E-state index in [4.69, 9.17) is 5.73 Å². The third kappa shape index (κ3) is 1.64. The number of hydrogen-bond acceptors (Lipinski definition) is 4. The first kappa shape index (κ1) is 9.58. The minimum atomic E-state index is -0.0406. The van der Waals surface area contributed by atoms with Crippen molar-refractivity contribution in [1.29, 1.82) is 0 Å². The van der Waals surface area contributed by atoms with Crippen LogP contribution >= 0.6 is 0 Å². The number of aryl methyl sites for hydroxylation is 1. The number of hydrogen-bond donors (Lipinski definition) is 1. The third-order valence-electron chi connectivity index (χ3n) is 3.21. The second kappa shape index (κ2) is 3.65. The van der Waals surface area contributed by atoms with E-state index in [0.29, 0.717) is 17.7 Å². The Labute approximate surface area is 83.7 Å². The van der Waals surface area contributed by atoms with Gasteiger partial charge in [-0.3, -0.25) is 0 Å². The third-order valence-corrected chi connectivity index (χ3v) is 3.21. The largest absolute Gasteiger partial charge is 0.321 e. The van der Waals surface area contributed by atoms with Gasteiger partial charge in [-0.1, -0.05) is 19.8 Å². The molecule has 1 aromatic rings. The van der Waals surface area contributed by atoms with Gasteiger partial charge in [-0.2, -0.15) is 4.80 Å². The molecule has 2 rings (SSSR count). The minimum absolute atomic E-state index is 0.0406. The normalized spacial score (nSPS) is 29.4. The summed E-state index contributed by atoms with van der Waals surface area (Å²) in [4.78, 5) is 1.47. The van der Waals surface area contributed by atoms with Crippen molar-refractivity contribution in [3.05, 3.63) is 5.82 Å². The summed E-state index contributed by atoms with van der Waals surface area (Å²) in [5.74, 6) is 1.90. The first-order chi connectivity index (χ1) is 6.68. The van der Waals surface area contributed by atoms with Crippen molar-refractivity contribution in [3.8, 4) is 0 Å². The minimum Gasteiger partial charge on any atom is -0.321 e. The van der Waals surface area contributed by atoms with E-state index >= 15 is 0 Å². The molecule has 3 atom stereocenters. The maximum Gasteiger partial charge on any atom is 0.191 e. The lowest BCUT2D eigenvalue weighted by atomic mass is 9.90. The Morgan fingerprint density at radius 1 is 1.50 bits per heavy atom. The summed E-state index contributed by atoms with van der Waals surface area (Å²) < 4.78 is 0. The van der Waals surface area contributed by atoms with Crippen molar-refractivity contribution < 1.29 is 0 Å². The van der Waals surface area contributed by atoms with Crippen LogP contribution in [0.1, 0.15) is 38.1 Å². The van der Waals surface area contributed by atoms with Crippen LogP contribution < -0.4 is 5.73 Å². The van der Waals surface area contributed by atoms with Crippen molar-refractivity contribution in [2.75, 3.05) is 0 Å². The van der Waals surface area contributed by atoms with Crippen molar-refractivity contribution in [2.45, 2.75) is 32.2 Å². The molecule has 2 N–H and O–H groups in total. The fourth-order valence-electron chi connectivity index (χ4n) is 2.33. The van der Waals surface area contributed by atoms with Crippen LogP contribution in [0.15, 0.2) is 0 Å². The Balaban J connectivity index is 2.11. The van der Waals surface area contributed by atoms with Crippen LogP contribution in [0.5, 0.6) is 0 Å². The maximum absolute atomic E-state index is 6.13. The van der Waals surface area contributed by atoms with Crippen LogP contribution in [-0.4, -0.2) is 20.2 Å². The van der Waals surface area contributed by atoms with Gasteiger partial charge in [0.05, 0.1) is 13.1 Å². The van der Waals surface area contributed by atoms with Gasteiger partial charge in [-0.15, -0.1) is 10.2 Å². The number of aromatic nitrogens is 4. The van der Waals surface area contributed by atoms with E-state index in [0.717, 1.165) is 0 Å². The van der Waals surface area contributed by atoms with Crippen molar-refractivity contribution >= 4 is 0 Å². The average Bonchev–Trinajstić information content (AvgIpc) is 2.73. The van der Waals surface area contributed by atoms with Crippen LogP contribution in [0, 0.1) is 11.8 Å². The molecule has 14 heavy (non-hydrogen) atoms. The molecule has 1 aliphatic rings. The van der Waals surface area contributed by atoms with Crippen LogP contribution in [-0.2, 0) is 7.05 Å². The van der Waals surface area contributed by atoms with Crippen molar-refractivity contribution in [3.63, 3.8) is 0 Å². The Morgan fingerprint density at radius 3 is 2.79 bits per heavy atom. The van der Waals surface area contributed by atoms with Gasteiger partial charge in [0.15, 0.2) is 5.82 Å². The first-order valence-corrected chi connectivity index (χ1v) is 5.18. The van der Waals surface area contributed by atoms with Crippen LogP contribution in [0.2, 0.25) is 0 Å². The summed E-state index contributed by atoms with van der Waals surface area (Å²) in [7, 11) is 1.77. The van der Waals surface area contributed by atoms with E-state index in [9.17, 15) is 0 Å². The van der Waals surface area contributed by atoms with E-state index in [-0.39, 0.29) is 6.04 Å². The summed E-state index contributed by atoms with van der Waals surface area (Å²) in [6, 6.07) is -0.0406. The first-order valence-electron chi connectivity index (χ1n) is 5.18. The van der Waals surface area contributed by atoms with Gasteiger partial charge >= 0.3 is 0 Å². The molecule has 78 valence electrons. The molecule has 1 aromatic heterocycles. The lowest BCUT2D eigenvalue weighted by Crippen LogP contribution is -2.24. The van der Waals surface area contributed by atoms with Gasteiger partial charge in [0, 0.05) is 0 Å². The highest BCUT2D eigenvalue weighted by molar-refractivity contribution is 4.94. The summed E-state index contributed by atoms with van der Waals surface area (Å²) in [5.41, 5.74) is 6.13. The zero-order valence-corrected chi connectivity index (χ0v) is 8.72. The lowest BCUT2D eigenvalue weighted by molar-refractivity contribution is 0.340. The standard InChI is InChI=1S/C9H17N5/c1-6-4-3-5-7(6)8(10)9-11-13-14(2)12-9/h6-8H,3-5,10H2,1-2H3. The maximum atomic E-state index is 6.13. The monoisotopic (exact) mass is 195 g/mol. The highest BCUT2D eigenvalue weighted by Crippen LogP contribution is 2.37. The topological polar surface area (TPSA) is 69.6 Å². The van der Waals surface area contributed by atoms with Gasteiger partial charge in [0.1, 0.15) is 0 Å². The van der Waals surface area contributed by atoms with Gasteiger partial charge in [0.2, 0.25) is 0 Å². The highest BCUT2D eigenvalue weighted by Gasteiger charge is 2.31. The molecular formula is C9H17N5. The Kier molecular flexibility index (Phi) is 2.50. The molecule has 0 spiro atoms. The molecule has 1 heterocycles. The molecule has 5 nitrogen and oxygen atoms in total. The molecule has 1 fully saturated rings. The van der Waals surface area contributed by atoms with Gasteiger partial charge in [0.25, 0.3) is 0 Å². The van der Waals surface area contributed by atoms with Crippen molar-refractivity contribution in [1.82, 2.24) is 20.2 Å². The fraction of sp³-hybridized carbons (Fsp3) is 0.889. The number of rotatable bonds is 2. The Morgan fingerprint density at radius 2 is 2.29 bits per heavy atom. The highest BCUT2D eigenvalue weighted by atomic mass is 15.6. The number of tetrazole rings is 1. The van der Waals surface area contributed by atoms with E-state index in [2.05, 4.69) is 22.3 Å². The molecule has 0 radical (unpaired) electrons. The predicted octanol–water partition coefficient (Wildman–Crippen LogP) is 0.646. The molecule has 1 saturated carbocycles. The second-order valence-electron chi connectivity index (χ2n) is 4.23. The van der Waals surface area contributed by atoms with Crippen LogP contribution in [0.3, 0.4) is 0 Å². The molecule has 0 saturated heterocycles. The molecule has 1 aliphatic carbocycles. The lowest BCUT2D eigenvalue weighted by Gasteiger charge is -2.19. The molecular weight excluding hydrogens is 178 g/mol. The smallest absolute Gasteiger partial charge is 0.191 e. The molecule has 0 bridgehead atoms. The number of nitrogens with zero attached hydrogens (tertiary/aromatic N) is 4. The van der Waals surface area contributed by atoms with Gasteiger partial charge in [-0.25, -0.2) is 0 Å². The molecule has 0 amide bonds. The van der Waals surface area contributed by atoms with Gasteiger partial charge in [-0.05, 0) is 23.5 Å². The quantitative estimate of drug-likeness (QED) is 0.752. The summed E-state index contributed by atoms with van der Waals surface area (Å²) >= 11 is 0. The Hall–Kier alpha value is -0.970. The molecule has 5 heteroatoms. The zero-order chi connectivity index (χ0) is 10.1. The zero-order valence-electron chi connectivity index (χ0n) is 8.72. The van der Waals surface area contributed by atoms with E-state index in [1.807, 2.05) is 0 Å². The van der Waals surface area contributed by atoms with E-state index < -0.39 is 0 Å². The van der Waals surface area contributed by atoms with Crippen LogP contribution in [0.25, 0.3) is 0 Å². The second-order valence-corrected chi connectivity index (χ2v) is 4.23. The van der Waals surface area contributed by atoms with E-state index in [1.165, 1.54) is 24.1 Å². The summed E-state index contributed by atoms with van der Waals surface area (Å²) in [5, 5.41) is 11.9. The van der Waals surface area contributed by atoms with Gasteiger partial charge < -0.3 is 5.73 Å². The molecule has 0 aliphatic heterocycles. The number of nitrogens with two attached hydrogens (primary N) is 1. The molecule has 0 aromatic carbocycles. The average molecular weight is 195 g/mol.